The van der Waals surface area contributed by atoms with E-state index < -0.39 is 0 Å². The topological polar surface area (TPSA) is 39.4 Å². The largest absolute Gasteiger partial charge is 0.481 e. The normalized spacial score (nSPS) is 10.5. The van der Waals surface area contributed by atoms with Crippen molar-refractivity contribution in [1.29, 1.82) is 0 Å². The second-order valence-electron chi connectivity index (χ2n) is 2.22. The fourth-order valence-electron chi connectivity index (χ4n) is 0.939. The van der Waals surface area contributed by atoms with Crippen molar-refractivity contribution in [2.24, 2.45) is 0 Å². The molecule has 2 aromatic rings. The van der Waals surface area contributed by atoms with Crippen LogP contribution in [0.5, 0.6) is 5.88 Å². The molecule has 2 rings (SSSR count). The number of hydrogen-bond acceptors (Lipinski definition) is 3. The van der Waals surface area contributed by atoms with E-state index in [9.17, 15) is 0 Å². The third-order valence-electron chi connectivity index (χ3n) is 1.52. The molecule has 4 nitrogen and oxygen atoms in total. The van der Waals surface area contributed by atoms with Crippen LogP contribution in [-0.2, 0) is 0 Å². The average molecular weight is 228 g/mol. The first-order valence-corrected chi connectivity index (χ1v) is 4.14. The lowest BCUT2D eigenvalue weighted by molar-refractivity contribution is 0.398. The summed E-state index contributed by atoms with van der Waals surface area (Å²) < 4.78 is 7.66. The van der Waals surface area contributed by atoms with Crippen LogP contribution in [0.15, 0.2) is 23.1 Å². The summed E-state index contributed by atoms with van der Waals surface area (Å²) in [7, 11) is 1.58. The van der Waals surface area contributed by atoms with Gasteiger partial charge in [-0.25, -0.2) is 4.98 Å². The quantitative estimate of drug-likeness (QED) is 0.742. The zero-order valence-electron chi connectivity index (χ0n) is 6.36. The van der Waals surface area contributed by atoms with E-state index in [2.05, 4.69) is 25.9 Å². The van der Waals surface area contributed by atoms with Crippen LogP contribution in [0.2, 0.25) is 0 Å². The van der Waals surface area contributed by atoms with E-state index in [-0.39, 0.29) is 0 Å². The summed E-state index contributed by atoms with van der Waals surface area (Å²) in [6.07, 6.45) is 3.54. The molecule has 2 heterocycles. The lowest BCUT2D eigenvalue weighted by Gasteiger charge is -1.98. The van der Waals surface area contributed by atoms with Crippen molar-refractivity contribution in [3.8, 4) is 5.88 Å². The van der Waals surface area contributed by atoms with Crippen molar-refractivity contribution in [2.75, 3.05) is 7.11 Å². The van der Waals surface area contributed by atoms with Crippen LogP contribution < -0.4 is 4.74 Å². The fourth-order valence-corrected chi connectivity index (χ4v) is 1.32. The smallest absolute Gasteiger partial charge is 0.237 e. The Hall–Kier alpha value is -1.10. The van der Waals surface area contributed by atoms with Gasteiger partial charge >= 0.3 is 0 Å². The molecule has 0 fully saturated rings. The summed E-state index contributed by atoms with van der Waals surface area (Å²) >= 11 is 3.33. The Kier molecular flexibility index (Phi) is 1.73. The van der Waals surface area contributed by atoms with Gasteiger partial charge in [-0.2, -0.15) is 4.98 Å². The molecule has 0 saturated carbocycles. The van der Waals surface area contributed by atoms with Gasteiger partial charge in [0.1, 0.15) is 4.60 Å². The predicted octanol–water partition coefficient (Wildman–Crippen LogP) is 1.50. The first-order valence-electron chi connectivity index (χ1n) is 3.35. The Morgan fingerprint density at radius 1 is 1.58 bits per heavy atom. The van der Waals surface area contributed by atoms with Crippen LogP contribution in [0, 0.1) is 0 Å². The number of aromatic nitrogens is 3. The minimum atomic E-state index is 0.570. The summed E-state index contributed by atoms with van der Waals surface area (Å²) in [6.45, 7) is 0. The second kappa shape index (κ2) is 2.75. The SMILES string of the molecule is COc1ccn2c(Br)cnc2n1. The molecule has 0 aliphatic carbocycles. The van der Waals surface area contributed by atoms with E-state index in [0.717, 1.165) is 4.60 Å². The average Bonchev–Trinajstić information content (AvgIpc) is 2.47. The zero-order chi connectivity index (χ0) is 8.55. The first kappa shape index (κ1) is 7.54. The van der Waals surface area contributed by atoms with E-state index in [1.54, 1.807) is 19.4 Å². The third kappa shape index (κ3) is 1.06. The van der Waals surface area contributed by atoms with Crippen molar-refractivity contribution in [2.45, 2.75) is 0 Å². The molecular formula is C7H6BrN3O. The molecular weight excluding hydrogens is 222 g/mol. The number of imidazole rings is 1. The van der Waals surface area contributed by atoms with E-state index in [1.165, 1.54) is 0 Å². The van der Waals surface area contributed by atoms with Crippen LogP contribution in [0.3, 0.4) is 0 Å². The minimum absolute atomic E-state index is 0.570. The molecule has 0 atom stereocenters. The molecule has 0 saturated heterocycles. The van der Waals surface area contributed by atoms with Crippen LogP contribution in [0.25, 0.3) is 5.78 Å². The van der Waals surface area contributed by atoms with Gasteiger partial charge < -0.3 is 4.74 Å². The molecule has 2 aromatic heterocycles. The molecule has 0 unspecified atom stereocenters. The van der Waals surface area contributed by atoms with Crippen LogP contribution in [0.4, 0.5) is 0 Å². The van der Waals surface area contributed by atoms with E-state index in [4.69, 9.17) is 4.74 Å². The Labute approximate surface area is 77.3 Å². The Bertz CT molecular complexity index is 412. The first-order chi connectivity index (χ1) is 5.81. The number of rotatable bonds is 1. The summed E-state index contributed by atoms with van der Waals surface area (Å²) in [4.78, 5) is 8.17. The molecule has 5 heteroatoms. The molecule has 0 aliphatic rings. The summed E-state index contributed by atoms with van der Waals surface area (Å²) in [5.41, 5.74) is 0. The number of halogens is 1. The van der Waals surface area contributed by atoms with Crippen molar-refractivity contribution in [3.63, 3.8) is 0 Å². The van der Waals surface area contributed by atoms with E-state index >= 15 is 0 Å². The van der Waals surface area contributed by atoms with Crippen LogP contribution in [-0.4, -0.2) is 21.5 Å². The van der Waals surface area contributed by atoms with Gasteiger partial charge in [0.05, 0.1) is 13.3 Å². The van der Waals surface area contributed by atoms with Gasteiger partial charge in [0, 0.05) is 12.3 Å². The molecule has 0 spiro atoms. The van der Waals surface area contributed by atoms with E-state index in [0.29, 0.717) is 11.7 Å². The van der Waals surface area contributed by atoms with Gasteiger partial charge in [-0.3, -0.25) is 4.40 Å². The number of ether oxygens (including phenoxy) is 1. The molecule has 0 radical (unpaired) electrons. The zero-order valence-corrected chi connectivity index (χ0v) is 7.95. The van der Waals surface area contributed by atoms with Crippen LogP contribution in [0.1, 0.15) is 0 Å². The van der Waals surface area contributed by atoms with Gasteiger partial charge in [0.2, 0.25) is 11.7 Å². The van der Waals surface area contributed by atoms with Crippen molar-refractivity contribution in [3.05, 3.63) is 23.1 Å². The van der Waals surface area contributed by atoms with Crippen molar-refractivity contribution < 1.29 is 4.74 Å². The van der Waals surface area contributed by atoms with Gasteiger partial charge in [-0.1, -0.05) is 0 Å². The summed E-state index contributed by atoms with van der Waals surface area (Å²) in [5, 5.41) is 0. The van der Waals surface area contributed by atoms with Crippen molar-refractivity contribution >= 4 is 21.7 Å². The standard InChI is InChI=1S/C7H6BrN3O/c1-12-6-2-3-11-5(8)4-9-7(11)10-6/h2-4H,1H3. The third-order valence-corrected chi connectivity index (χ3v) is 2.10. The lowest BCUT2D eigenvalue weighted by Crippen LogP contribution is -1.92. The number of methoxy groups -OCH3 is 1. The fraction of sp³-hybridized carbons (Fsp3) is 0.143. The molecule has 62 valence electrons. The lowest BCUT2D eigenvalue weighted by atomic mass is 10.6. The molecule has 0 aromatic carbocycles. The molecule has 0 N–H and O–H groups in total. The Morgan fingerprint density at radius 3 is 3.17 bits per heavy atom. The van der Waals surface area contributed by atoms with Crippen LogP contribution >= 0.6 is 15.9 Å². The van der Waals surface area contributed by atoms with E-state index in [1.807, 2.05) is 10.6 Å². The van der Waals surface area contributed by atoms with Gasteiger partial charge in [0.15, 0.2) is 0 Å². The number of hydrogen-bond donors (Lipinski definition) is 0. The maximum absolute atomic E-state index is 4.95. The number of nitrogens with zero attached hydrogens (tertiary/aromatic N) is 3. The number of fused-ring (bicyclic) bond motifs is 1. The van der Waals surface area contributed by atoms with Gasteiger partial charge in [-0.05, 0) is 15.9 Å². The summed E-state index contributed by atoms with van der Waals surface area (Å²) in [6, 6.07) is 1.78. The van der Waals surface area contributed by atoms with Crippen molar-refractivity contribution in [1.82, 2.24) is 14.4 Å². The summed E-state index contributed by atoms with van der Waals surface area (Å²) in [5.74, 6) is 1.20. The monoisotopic (exact) mass is 227 g/mol. The highest BCUT2D eigenvalue weighted by Crippen LogP contribution is 2.13. The Balaban J connectivity index is 2.69. The Morgan fingerprint density at radius 2 is 2.42 bits per heavy atom. The molecule has 12 heavy (non-hydrogen) atoms. The minimum Gasteiger partial charge on any atom is -0.481 e. The maximum Gasteiger partial charge on any atom is 0.237 e. The molecule has 0 amide bonds. The highest BCUT2D eigenvalue weighted by Gasteiger charge is 2.01. The van der Waals surface area contributed by atoms with Gasteiger partial charge in [0.25, 0.3) is 0 Å². The molecule has 0 bridgehead atoms. The van der Waals surface area contributed by atoms with Gasteiger partial charge in [-0.15, -0.1) is 0 Å². The predicted molar refractivity (Wildman–Crippen MR) is 47.2 cm³/mol. The highest BCUT2D eigenvalue weighted by molar-refractivity contribution is 9.10. The molecule has 0 aliphatic heterocycles. The highest BCUT2D eigenvalue weighted by atomic mass is 79.9. The second-order valence-corrected chi connectivity index (χ2v) is 3.03. The maximum atomic E-state index is 4.95.